The summed E-state index contributed by atoms with van der Waals surface area (Å²) in [6.45, 7) is 1.28. The number of hydrogen-bond acceptors (Lipinski definition) is 4. The zero-order valence-electron chi connectivity index (χ0n) is 17.6. The molecule has 0 spiro atoms. The van der Waals surface area contributed by atoms with Gasteiger partial charge in [0.05, 0.1) is 11.1 Å². The molecule has 2 aromatic rings. The van der Waals surface area contributed by atoms with Crippen molar-refractivity contribution in [2.75, 3.05) is 25.0 Å². The van der Waals surface area contributed by atoms with E-state index in [2.05, 4.69) is 21.2 Å². The molecule has 2 heterocycles. The Hall–Kier alpha value is -3.00. The van der Waals surface area contributed by atoms with E-state index in [-0.39, 0.29) is 42.5 Å². The van der Waals surface area contributed by atoms with Gasteiger partial charge in [0.25, 0.3) is 11.8 Å². The molecule has 0 unspecified atom stereocenters. The number of piperidine rings is 1. The van der Waals surface area contributed by atoms with Crippen LogP contribution in [0.1, 0.15) is 46.4 Å². The number of imide groups is 1. The smallest absolute Gasteiger partial charge is 0.261 e. The summed E-state index contributed by atoms with van der Waals surface area (Å²) in [7, 11) is 0. The minimum Gasteiger partial charge on any atom is -0.343 e. The van der Waals surface area contributed by atoms with Crippen molar-refractivity contribution in [3.05, 3.63) is 64.1 Å². The highest BCUT2D eigenvalue weighted by molar-refractivity contribution is 9.10. The fraction of sp³-hybridized carbons (Fsp3) is 0.333. The van der Waals surface area contributed by atoms with Gasteiger partial charge in [-0.3, -0.25) is 24.1 Å². The number of amides is 4. The van der Waals surface area contributed by atoms with Crippen molar-refractivity contribution in [1.82, 2.24) is 9.80 Å². The summed E-state index contributed by atoms with van der Waals surface area (Å²) in [5, 5.41) is 2.93. The molecule has 2 aliphatic heterocycles. The molecule has 2 aliphatic rings. The number of nitrogens with zero attached hydrogens (tertiary/aromatic N) is 2. The normalized spacial score (nSPS) is 16.3. The van der Waals surface area contributed by atoms with Crippen LogP contribution < -0.4 is 5.32 Å². The maximum absolute atomic E-state index is 12.6. The van der Waals surface area contributed by atoms with E-state index in [1.807, 2.05) is 30.3 Å². The van der Waals surface area contributed by atoms with Gasteiger partial charge in [-0.25, -0.2) is 0 Å². The Morgan fingerprint density at radius 1 is 0.969 bits per heavy atom. The van der Waals surface area contributed by atoms with E-state index >= 15 is 0 Å². The fourth-order valence-electron chi connectivity index (χ4n) is 4.17. The van der Waals surface area contributed by atoms with Gasteiger partial charge >= 0.3 is 0 Å². The quantitative estimate of drug-likeness (QED) is 0.616. The molecule has 1 fully saturated rings. The summed E-state index contributed by atoms with van der Waals surface area (Å²) in [5.74, 6) is -0.761. The summed E-state index contributed by atoms with van der Waals surface area (Å²) < 4.78 is 0.746. The van der Waals surface area contributed by atoms with Crippen molar-refractivity contribution in [2.24, 2.45) is 5.92 Å². The number of nitrogens with one attached hydrogen (secondary N) is 1. The third-order valence-corrected chi connectivity index (χ3v) is 6.46. The van der Waals surface area contributed by atoms with E-state index in [4.69, 9.17) is 0 Å². The Labute approximate surface area is 194 Å². The molecular formula is C24H24BrN3O4. The third kappa shape index (κ3) is 4.75. The van der Waals surface area contributed by atoms with Gasteiger partial charge in [0, 0.05) is 42.1 Å². The number of halogens is 1. The highest BCUT2D eigenvalue weighted by atomic mass is 79.9. The van der Waals surface area contributed by atoms with Crippen molar-refractivity contribution < 1.29 is 19.2 Å². The Morgan fingerprint density at radius 2 is 1.66 bits per heavy atom. The zero-order chi connectivity index (χ0) is 22.7. The van der Waals surface area contributed by atoms with Crippen LogP contribution >= 0.6 is 15.9 Å². The lowest BCUT2D eigenvalue weighted by molar-refractivity contribution is -0.134. The SMILES string of the molecule is O=C(Nc1ccccc1)C1CCN(C(=O)CCCN2C(=O)c3ccc(Br)cc3C2=O)CC1. The Morgan fingerprint density at radius 3 is 2.38 bits per heavy atom. The summed E-state index contributed by atoms with van der Waals surface area (Å²) in [6, 6.07) is 14.4. The number of carbonyl (C=O) groups excluding carboxylic acids is 4. The average Bonchev–Trinajstić information content (AvgIpc) is 3.04. The number of hydrogen-bond donors (Lipinski definition) is 1. The van der Waals surface area contributed by atoms with Gasteiger partial charge in [-0.15, -0.1) is 0 Å². The van der Waals surface area contributed by atoms with Gasteiger partial charge in [0.15, 0.2) is 0 Å². The molecule has 8 heteroatoms. The Kier molecular flexibility index (Phi) is 6.69. The van der Waals surface area contributed by atoms with E-state index in [0.717, 1.165) is 10.2 Å². The number of para-hydroxylation sites is 1. The van der Waals surface area contributed by atoms with Crippen molar-refractivity contribution in [3.63, 3.8) is 0 Å². The lowest BCUT2D eigenvalue weighted by Gasteiger charge is -2.31. The Balaban J connectivity index is 1.22. The highest BCUT2D eigenvalue weighted by Gasteiger charge is 2.35. The highest BCUT2D eigenvalue weighted by Crippen LogP contribution is 2.26. The molecule has 4 rings (SSSR count). The van der Waals surface area contributed by atoms with E-state index in [1.54, 1.807) is 23.1 Å². The topological polar surface area (TPSA) is 86.8 Å². The first kappa shape index (κ1) is 22.2. The number of fused-ring (bicyclic) bond motifs is 1. The maximum atomic E-state index is 12.6. The molecule has 4 amide bonds. The van der Waals surface area contributed by atoms with Gasteiger partial charge < -0.3 is 10.2 Å². The summed E-state index contributed by atoms with van der Waals surface area (Å²) in [6.07, 6.45) is 1.92. The molecule has 1 N–H and O–H groups in total. The van der Waals surface area contributed by atoms with Gasteiger partial charge in [0.1, 0.15) is 0 Å². The second-order valence-corrected chi connectivity index (χ2v) is 8.98. The zero-order valence-corrected chi connectivity index (χ0v) is 19.1. The van der Waals surface area contributed by atoms with Crippen LogP contribution in [0.2, 0.25) is 0 Å². The molecule has 0 aromatic heterocycles. The molecular weight excluding hydrogens is 474 g/mol. The van der Waals surface area contributed by atoms with Crippen molar-refractivity contribution >= 4 is 45.2 Å². The number of benzene rings is 2. The molecule has 0 bridgehead atoms. The maximum Gasteiger partial charge on any atom is 0.261 e. The van der Waals surface area contributed by atoms with Crippen LogP contribution in [-0.4, -0.2) is 53.1 Å². The van der Waals surface area contributed by atoms with Crippen molar-refractivity contribution in [2.45, 2.75) is 25.7 Å². The first-order valence-corrected chi connectivity index (χ1v) is 11.5. The van der Waals surface area contributed by atoms with Crippen molar-refractivity contribution in [3.8, 4) is 0 Å². The summed E-state index contributed by atoms with van der Waals surface area (Å²) in [4.78, 5) is 53.0. The first-order valence-electron chi connectivity index (χ1n) is 10.7. The Bertz CT molecular complexity index is 1050. The van der Waals surface area contributed by atoms with Crippen molar-refractivity contribution in [1.29, 1.82) is 0 Å². The number of carbonyl (C=O) groups is 4. The predicted octanol–water partition coefficient (Wildman–Crippen LogP) is 3.70. The van der Waals surface area contributed by atoms with Crippen LogP contribution in [0.3, 0.4) is 0 Å². The molecule has 2 aromatic carbocycles. The molecule has 7 nitrogen and oxygen atoms in total. The fourth-order valence-corrected chi connectivity index (χ4v) is 4.53. The second kappa shape index (κ2) is 9.65. The van der Waals surface area contributed by atoms with Gasteiger partial charge in [-0.2, -0.15) is 0 Å². The summed E-state index contributed by atoms with van der Waals surface area (Å²) in [5.41, 5.74) is 1.57. The second-order valence-electron chi connectivity index (χ2n) is 8.07. The first-order chi connectivity index (χ1) is 15.4. The van der Waals surface area contributed by atoms with Gasteiger partial charge in [0.2, 0.25) is 11.8 Å². The molecule has 0 radical (unpaired) electrons. The lowest BCUT2D eigenvalue weighted by atomic mass is 9.95. The van der Waals surface area contributed by atoms with Crippen LogP contribution in [0.5, 0.6) is 0 Å². The van der Waals surface area contributed by atoms with E-state index in [1.165, 1.54) is 4.90 Å². The molecule has 0 atom stereocenters. The minimum atomic E-state index is -0.316. The largest absolute Gasteiger partial charge is 0.343 e. The number of anilines is 1. The number of likely N-dealkylation sites (tertiary alicyclic amines) is 1. The van der Waals surface area contributed by atoms with Crippen LogP contribution in [0.25, 0.3) is 0 Å². The third-order valence-electron chi connectivity index (χ3n) is 5.96. The summed E-state index contributed by atoms with van der Waals surface area (Å²) >= 11 is 3.32. The van der Waals surface area contributed by atoms with Gasteiger partial charge in [-0.1, -0.05) is 34.1 Å². The van der Waals surface area contributed by atoms with Crippen LogP contribution in [0.15, 0.2) is 53.0 Å². The van der Waals surface area contributed by atoms with E-state index < -0.39 is 0 Å². The number of rotatable bonds is 6. The standard InChI is InChI=1S/C24H24BrN3O4/c25-17-8-9-19-20(15-17)24(32)28(23(19)31)12-4-7-21(29)27-13-10-16(11-14-27)22(30)26-18-5-2-1-3-6-18/h1-3,5-6,8-9,15-16H,4,7,10-14H2,(H,26,30). The lowest BCUT2D eigenvalue weighted by Crippen LogP contribution is -2.41. The van der Waals surface area contributed by atoms with Gasteiger partial charge in [-0.05, 0) is 49.6 Å². The van der Waals surface area contributed by atoms with Crippen LogP contribution in [0.4, 0.5) is 5.69 Å². The van der Waals surface area contributed by atoms with E-state index in [9.17, 15) is 19.2 Å². The molecule has 166 valence electrons. The van der Waals surface area contributed by atoms with Crippen LogP contribution in [-0.2, 0) is 9.59 Å². The average molecular weight is 498 g/mol. The minimum absolute atomic E-state index is 0.00808. The molecule has 1 saturated heterocycles. The molecule has 32 heavy (non-hydrogen) atoms. The monoisotopic (exact) mass is 497 g/mol. The van der Waals surface area contributed by atoms with E-state index in [0.29, 0.717) is 43.5 Å². The predicted molar refractivity (Wildman–Crippen MR) is 123 cm³/mol. The molecule has 0 saturated carbocycles. The van der Waals surface area contributed by atoms with Crippen LogP contribution in [0, 0.1) is 5.92 Å². The molecule has 0 aliphatic carbocycles.